The van der Waals surface area contributed by atoms with Crippen LogP contribution in [0.5, 0.6) is 5.88 Å². The van der Waals surface area contributed by atoms with Gasteiger partial charge in [-0.2, -0.15) is 11.8 Å². The van der Waals surface area contributed by atoms with E-state index in [9.17, 15) is 4.79 Å². The molecule has 0 atom stereocenters. The van der Waals surface area contributed by atoms with Gasteiger partial charge in [-0.3, -0.25) is 4.79 Å². The molecule has 1 aromatic carbocycles. The number of hydrogen-bond donors (Lipinski definition) is 1. The molecule has 0 radical (unpaired) electrons. The zero-order valence-corrected chi connectivity index (χ0v) is 15.2. The largest absolute Gasteiger partial charge is 0.480 e. The van der Waals surface area contributed by atoms with Crippen molar-refractivity contribution in [2.24, 2.45) is 0 Å². The second-order valence-electron chi connectivity index (χ2n) is 5.92. The molecule has 0 saturated carbocycles. The van der Waals surface area contributed by atoms with Gasteiger partial charge in [0.25, 0.3) is 5.91 Å². The van der Waals surface area contributed by atoms with Gasteiger partial charge in [0.1, 0.15) is 5.56 Å². The number of amides is 1. The SMILES string of the molecule is COc1ncccc1C(=O)Nc1ccc(CCN2CCSCC2)cc1. The average molecular weight is 357 g/mol. The first kappa shape index (κ1) is 17.8. The Bertz CT molecular complexity index is 700. The molecule has 2 heterocycles. The number of benzene rings is 1. The number of carbonyl (C=O) groups is 1. The summed E-state index contributed by atoms with van der Waals surface area (Å²) in [6.45, 7) is 3.47. The van der Waals surface area contributed by atoms with Crippen molar-refractivity contribution in [1.82, 2.24) is 9.88 Å². The van der Waals surface area contributed by atoms with Crippen LogP contribution in [-0.4, -0.2) is 54.0 Å². The fourth-order valence-corrected chi connectivity index (χ4v) is 3.77. The van der Waals surface area contributed by atoms with E-state index in [4.69, 9.17) is 4.74 Å². The second kappa shape index (κ2) is 8.87. The Kier molecular flexibility index (Phi) is 6.30. The molecule has 3 rings (SSSR count). The molecule has 0 unspecified atom stereocenters. The molecule has 0 bridgehead atoms. The van der Waals surface area contributed by atoms with Gasteiger partial charge >= 0.3 is 0 Å². The van der Waals surface area contributed by atoms with Gasteiger partial charge in [-0.15, -0.1) is 0 Å². The van der Waals surface area contributed by atoms with Crippen molar-refractivity contribution < 1.29 is 9.53 Å². The molecule has 0 spiro atoms. The summed E-state index contributed by atoms with van der Waals surface area (Å²) in [4.78, 5) is 18.9. The van der Waals surface area contributed by atoms with E-state index in [1.165, 1.54) is 37.3 Å². The minimum absolute atomic E-state index is 0.219. The first-order valence-electron chi connectivity index (χ1n) is 8.45. The Labute approximate surface area is 152 Å². The molecule has 0 aliphatic carbocycles. The van der Waals surface area contributed by atoms with Crippen LogP contribution < -0.4 is 10.1 Å². The fourth-order valence-electron chi connectivity index (χ4n) is 2.79. The number of thioether (sulfide) groups is 1. The predicted molar refractivity (Wildman–Crippen MR) is 103 cm³/mol. The van der Waals surface area contributed by atoms with Crippen LogP contribution in [0.3, 0.4) is 0 Å². The molecule has 5 nitrogen and oxygen atoms in total. The number of nitrogens with one attached hydrogen (secondary N) is 1. The van der Waals surface area contributed by atoms with Gasteiger partial charge in [0.2, 0.25) is 5.88 Å². The van der Waals surface area contributed by atoms with Gasteiger partial charge < -0.3 is 15.0 Å². The lowest BCUT2D eigenvalue weighted by Gasteiger charge is -2.26. The Hall–Kier alpha value is -2.05. The summed E-state index contributed by atoms with van der Waals surface area (Å²) in [6, 6.07) is 11.5. The van der Waals surface area contributed by atoms with Crippen LogP contribution in [0.15, 0.2) is 42.6 Å². The van der Waals surface area contributed by atoms with Crippen molar-refractivity contribution >= 4 is 23.4 Å². The first-order chi connectivity index (χ1) is 12.3. The Morgan fingerprint density at radius 1 is 1.24 bits per heavy atom. The van der Waals surface area contributed by atoms with Crippen LogP contribution in [0.4, 0.5) is 5.69 Å². The van der Waals surface area contributed by atoms with Crippen LogP contribution in [0.1, 0.15) is 15.9 Å². The maximum absolute atomic E-state index is 12.4. The van der Waals surface area contributed by atoms with Gasteiger partial charge in [-0.05, 0) is 36.2 Å². The highest BCUT2D eigenvalue weighted by Crippen LogP contribution is 2.17. The van der Waals surface area contributed by atoms with E-state index in [0.717, 1.165) is 18.7 Å². The molecular formula is C19H23N3O2S. The molecule has 1 saturated heterocycles. The topological polar surface area (TPSA) is 54.5 Å². The number of pyridine rings is 1. The van der Waals surface area contributed by atoms with Crippen LogP contribution in [-0.2, 0) is 6.42 Å². The molecule has 1 aliphatic heterocycles. The van der Waals surface area contributed by atoms with Crippen LogP contribution in [0.2, 0.25) is 0 Å². The molecule has 1 aromatic heterocycles. The third-order valence-electron chi connectivity index (χ3n) is 4.24. The average Bonchev–Trinajstić information content (AvgIpc) is 2.68. The summed E-state index contributed by atoms with van der Waals surface area (Å²) >= 11 is 2.03. The molecule has 6 heteroatoms. The smallest absolute Gasteiger partial charge is 0.261 e. The number of methoxy groups -OCH3 is 1. The molecule has 1 aliphatic rings. The third kappa shape index (κ3) is 4.96. The van der Waals surface area contributed by atoms with Crippen molar-refractivity contribution in [3.63, 3.8) is 0 Å². The predicted octanol–water partition coefficient (Wildman–Crippen LogP) is 2.93. The minimum Gasteiger partial charge on any atom is -0.480 e. The summed E-state index contributed by atoms with van der Waals surface area (Å²) in [7, 11) is 1.51. The number of carbonyl (C=O) groups excluding carboxylic acids is 1. The molecule has 1 N–H and O–H groups in total. The van der Waals surface area contributed by atoms with Crippen molar-refractivity contribution in [2.45, 2.75) is 6.42 Å². The molecular weight excluding hydrogens is 334 g/mol. The standard InChI is InChI=1S/C19H23N3O2S/c1-24-19-17(3-2-9-20-19)18(23)21-16-6-4-15(5-7-16)8-10-22-11-13-25-14-12-22/h2-7,9H,8,10-14H2,1H3,(H,21,23). The molecule has 25 heavy (non-hydrogen) atoms. The maximum Gasteiger partial charge on any atom is 0.261 e. The Morgan fingerprint density at radius 2 is 2.00 bits per heavy atom. The van der Waals surface area contributed by atoms with Crippen molar-refractivity contribution in [2.75, 3.05) is 43.6 Å². The van der Waals surface area contributed by atoms with Gasteiger partial charge in [-0.25, -0.2) is 4.98 Å². The summed E-state index contributed by atoms with van der Waals surface area (Å²) in [5, 5.41) is 2.89. The number of rotatable bonds is 6. The molecule has 1 amide bonds. The fraction of sp³-hybridized carbons (Fsp3) is 0.368. The van der Waals surface area contributed by atoms with Gasteiger partial charge in [-0.1, -0.05) is 12.1 Å². The summed E-state index contributed by atoms with van der Waals surface area (Å²) in [5.41, 5.74) is 2.49. The van der Waals surface area contributed by atoms with E-state index in [-0.39, 0.29) is 5.91 Å². The maximum atomic E-state index is 12.4. The summed E-state index contributed by atoms with van der Waals surface area (Å²) in [6.07, 6.45) is 2.64. The van der Waals surface area contributed by atoms with Crippen LogP contribution in [0, 0.1) is 0 Å². The van der Waals surface area contributed by atoms with Gasteiger partial charge in [0, 0.05) is 43.0 Å². The number of hydrogen-bond acceptors (Lipinski definition) is 5. The van der Waals surface area contributed by atoms with E-state index < -0.39 is 0 Å². The van der Waals surface area contributed by atoms with Crippen molar-refractivity contribution in [3.05, 3.63) is 53.7 Å². The number of anilines is 1. The number of ether oxygens (including phenoxy) is 1. The van der Waals surface area contributed by atoms with Crippen molar-refractivity contribution in [3.8, 4) is 5.88 Å². The van der Waals surface area contributed by atoms with E-state index in [1.54, 1.807) is 18.3 Å². The highest BCUT2D eigenvalue weighted by molar-refractivity contribution is 7.99. The number of nitrogens with zero attached hydrogens (tertiary/aromatic N) is 2. The first-order valence-corrected chi connectivity index (χ1v) is 9.61. The van der Waals surface area contributed by atoms with Gasteiger partial charge in [0.05, 0.1) is 7.11 Å². The Morgan fingerprint density at radius 3 is 2.72 bits per heavy atom. The Balaban J connectivity index is 1.55. The third-order valence-corrected chi connectivity index (χ3v) is 5.18. The quantitative estimate of drug-likeness (QED) is 0.861. The zero-order chi connectivity index (χ0) is 17.5. The lowest BCUT2D eigenvalue weighted by molar-refractivity contribution is 0.102. The normalized spacial score (nSPS) is 14.9. The lowest BCUT2D eigenvalue weighted by Crippen LogP contribution is -2.34. The summed E-state index contributed by atoms with van der Waals surface area (Å²) in [5.74, 6) is 2.59. The van der Waals surface area contributed by atoms with E-state index in [1.807, 2.05) is 23.9 Å². The zero-order valence-electron chi connectivity index (χ0n) is 14.4. The van der Waals surface area contributed by atoms with Crippen LogP contribution >= 0.6 is 11.8 Å². The molecule has 132 valence electrons. The van der Waals surface area contributed by atoms with E-state index >= 15 is 0 Å². The highest BCUT2D eigenvalue weighted by Gasteiger charge is 2.13. The van der Waals surface area contributed by atoms with E-state index in [2.05, 4.69) is 27.3 Å². The monoisotopic (exact) mass is 357 g/mol. The summed E-state index contributed by atoms with van der Waals surface area (Å²) < 4.78 is 5.13. The van der Waals surface area contributed by atoms with Gasteiger partial charge in [0.15, 0.2) is 0 Å². The minimum atomic E-state index is -0.219. The molecule has 1 fully saturated rings. The van der Waals surface area contributed by atoms with E-state index in [0.29, 0.717) is 11.4 Å². The van der Waals surface area contributed by atoms with Crippen LogP contribution in [0.25, 0.3) is 0 Å². The second-order valence-corrected chi connectivity index (χ2v) is 7.14. The lowest BCUT2D eigenvalue weighted by atomic mass is 10.1. The van der Waals surface area contributed by atoms with Crippen molar-refractivity contribution in [1.29, 1.82) is 0 Å². The number of aromatic nitrogens is 1. The highest BCUT2D eigenvalue weighted by atomic mass is 32.2. The molecule has 2 aromatic rings.